The van der Waals surface area contributed by atoms with Crippen LogP contribution in [0.25, 0.3) is 0 Å². The van der Waals surface area contributed by atoms with E-state index in [4.69, 9.17) is 4.74 Å². The van der Waals surface area contributed by atoms with Gasteiger partial charge in [-0.1, -0.05) is 19.9 Å². The predicted octanol–water partition coefficient (Wildman–Crippen LogP) is 2.75. The lowest BCUT2D eigenvalue weighted by molar-refractivity contribution is -0.140. The zero-order valence-electron chi connectivity index (χ0n) is 13.8. The van der Waals surface area contributed by atoms with E-state index >= 15 is 0 Å². The Hall–Kier alpha value is -2.04. The molecule has 0 aliphatic carbocycles. The zero-order valence-corrected chi connectivity index (χ0v) is 13.8. The van der Waals surface area contributed by atoms with Gasteiger partial charge in [-0.15, -0.1) is 0 Å². The minimum atomic E-state index is -0.312. The van der Waals surface area contributed by atoms with E-state index in [1.54, 1.807) is 36.3 Å². The van der Waals surface area contributed by atoms with Crippen molar-refractivity contribution in [2.75, 3.05) is 27.3 Å². The van der Waals surface area contributed by atoms with Crippen LogP contribution < -0.4 is 4.74 Å². The highest BCUT2D eigenvalue weighted by molar-refractivity contribution is 5.94. The average molecular weight is 307 g/mol. The van der Waals surface area contributed by atoms with Crippen LogP contribution in [0.1, 0.15) is 37.0 Å². The Balaban J connectivity index is 2.82. The molecule has 0 N–H and O–H groups in total. The van der Waals surface area contributed by atoms with Crippen molar-refractivity contribution >= 4 is 11.9 Å². The summed E-state index contributed by atoms with van der Waals surface area (Å²) in [6.07, 6.45) is 1.08. The SMILES string of the molecule is COC(=O)CCN(CCC(C)C)C(=O)c1cccc(OC)c1. The summed E-state index contributed by atoms with van der Waals surface area (Å²) in [5.41, 5.74) is 0.563. The maximum absolute atomic E-state index is 12.6. The zero-order chi connectivity index (χ0) is 16.5. The summed E-state index contributed by atoms with van der Waals surface area (Å²) in [5.74, 6) is 0.720. The lowest BCUT2D eigenvalue weighted by atomic mass is 10.1. The van der Waals surface area contributed by atoms with E-state index in [1.807, 2.05) is 0 Å². The summed E-state index contributed by atoms with van der Waals surface area (Å²) >= 11 is 0. The van der Waals surface area contributed by atoms with Gasteiger partial charge in [-0.05, 0) is 30.5 Å². The molecule has 1 aromatic rings. The van der Waals surface area contributed by atoms with E-state index in [1.165, 1.54) is 7.11 Å². The van der Waals surface area contributed by atoms with Crippen molar-refractivity contribution < 1.29 is 19.1 Å². The fourth-order valence-electron chi connectivity index (χ4n) is 2.00. The first kappa shape index (κ1) is 18.0. The van der Waals surface area contributed by atoms with Gasteiger partial charge >= 0.3 is 5.97 Å². The number of hydrogen-bond acceptors (Lipinski definition) is 4. The first-order valence-electron chi connectivity index (χ1n) is 7.48. The molecule has 0 atom stereocenters. The summed E-state index contributed by atoms with van der Waals surface area (Å²) in [5, 5.41) is 0. The van der Waals surface area contributed by atoms with Gasteiger partial charge in [0.25, 0.3) is 5.91 Å². The number of methoxy groups -OCH3 is 2. The quantitative estimate of drug-likeness (QED) is 0.693. The molecular weight excluding hydrogens is 282 g/mol. The van der Waals surface area contributed by atoms with Crippen LogP contribution in [-0.4, -0.2) is 44.1 Å². The molecule has 0 aliphatic heterocycles. The van der Waals surface area contributed by atoms with Crippen molar-refractivity contribution in [2.24, 2.45) is 5.92 Å². The second-order valence-electron chi connectivity index (χ2n) is 5.53. The third-order valence-electron chi connectivity index (χ3n) is 3.39. The first-order valence-corrected chi connectivity index (χ1v) is 7.48. The third kappa shape index (κ3) is 5.76. The van der Waals surface area contributed by atoms with E-state index in [0.29, 0.717) is 30.3 Å². The average Bonchev–Trinajstić information content (AvgIpc) is 2.53. The second kappa shape index (κ2) is 9.07. The Morgan fingerprint density at radius 3 is 2.50 bits per heavy atom. The van der Waals surface area contributed by atoms with Crippen LogP contribution in [-0.2, 0) is 9.53 Å². The van der Waals surface area contributed by atoms with Gasteiger partial charge in [0.2, 0.25) is 0 Å². The monoisotopic (exact) mass is 307 g/mol. The number of ether oxygens (including phenoxy) is 2. The van der Waals surface area contributed by atoms with E-state index < -0.39 is 0 Å². The minimum absolute atomic E-state index is 0.0940. The number of carbonyl (C=O) groups excluding carboxylic acids is 2. The molecule has 122 valence electrons. The molecule has 0 aromatic heterocycles. The molecule has 1 rings (SSSR count). The molecular formula is C17H25NO4. The molecule has 1 amide bonds. The molecule has 0 bridgehead atoms. The van der Waals surface area contributed by atoms with E-state index in [2.05, 4.69) is 18.6 Å². The molecule has 0 unspecified atom stereocenters. The molecule has 0 saturated heterocycles. The van der Waals surface area contributed by atoms with Gasteiger partial charge in [-0.2, -0.15) is 0 Å². The summed E-state index contributed by atoms with van der Waals surface area (Å²) < 4.78 is 9.80. The van der Waals surface area contributed by atoms with Gasteiger partial charge in [0.15, 0.2) is 0 Å². The number of nitrogens with zero attached hydrogens (tertiary/aromatic N) is 1. The van der Waals surface area contributed by atoms with Crippen LogP contribution in [0, 0.1) is 5.92 Å². The van der Waals surface area contributed by atoms with E-state index in [9.17, 15) is 9.59 Å². The molecule has 0 aliphatic rings. The van der Waals surface area contributed by atoms with Gasteiger partial charge in [-0.3, -0.25) is 9.59 Å². The maximum atomic E-state index is 12.6. The van der Waals surface area contributed by atoms with Gasteiger partial charge in [0, 0.05) is 18.7 Å². The molecule has 5 nitrogen and oxygen atoms in total. The van der Waals surface area contributed by atoms with Gasteiger partial charge in [0.05, 0.1) is 20.6 Å². The summed E-state index contributed by atoms with van der Waals surface area (Å²) in [6.45, 7) is 5.18. The van der Waals surface area contributed by atoms with Crippen LogP contribution in [0.4, 0.5) is 0 Å². The Kier molecular flexibility index (Phi) is 7.43. The molecule has 5 heteroatoms. The molecule has 0 heterocycles. The lowest BCUT2D eigenvalue weighted by Gasteiger charge is -2.23. The molecule has 1 aromatic carbocycles. The Morgan fingerprint density at radius 2 is 1.91 bits per heavy atom. The third-order valence-corrected chi connectivity index (χ3v) is 3.39. The van der Waals surface area contributed by atoms with Crippen LogP contribution in [0.5, 0.6) is 5.75 Å². The molecule has 0 fully saturated rings. The van der Waals surface area contributed by atoms with Crippen molar-refractivity contribution in [3.8, 4) is 5.75 Å². The normalized spacial score (nSPS) is 10.4. The molecule has 0 saturated carbocycles. The van der Waals surface area contributed by atoms with Gasteiger partial charge in [0.1, 0.15) is 5.75 Å². The molecule has 0 spiro atoms. The molecule has 22 heavy (non-hydrogen) atoms. The Morgan fingerprint density at radius 1 is 1.18 bits per heavy atom. The van der Waals surface area contributed by atoms with Crippen LogP contribution in [0.3, 0.4) is 0 Å². The number of hydrogen-bond donors (Lipinski definition) is 0. The summed E-state index contributed by atoms with van der Waals surface area (Å²) in [4.78, 5) is 25.7. The standard InChI is InChI=1S/C17H25NO4/c1-13(2)8-10-18(11-9-16(19)22-4)17(20)14-6-5-7-15(12-14)21-3/h5-7,12-13H,8-11H2,1-4H3. The highest BCUT2D eigenvalue weighted by Crippen LogP contribution is 2.15. The summed E-state index contributed by atoms with van der Waals surface area (Å²) in [6, 6.07) is 7.05. The van der Waals surface area contributed by atoms with Crippen LogP contribution in [0.15, 0.2) is 24.3 Å². The number of carbonyl (C=O) groups is 2. The lowest BCUT2D eigenvalue weighted by Crippen LogP contribution is -2.34. The second-order valence-corrected chi connectivity index (χ2v) is 5.53. The van der Waals surface area contributed by atoms with Crippen molar-refractivity contribution in [2.45, 2.75) is 26.7 Å². The van der Waals surface area contributed by atoms with Crippen molar-refractivity contribution in [3.05, 3.63) is 29.8 Å². The van der Waals surface area contributed by atoms with Gasteiger partial charge in [-0.25, -0.2) is 0 Å². The predicted molar refractivity (Wildman–Crippen MR) is 85.0 cm³/mol. The maximum Gasteiger partial charge on any atom is 0.307 e. The topological polar surface area (TPSA) is 55.8 Å². The summed E-state index contributed by atoms with van der Waals surface area (Å²) in [7, 11) is 2.92. The fraction of sp³-hybridized carbons (Fsp3) is 0.529. The van der Waals surface area contributed by atoms with E-state index in [-0.39, 0.29) is 18.3 Å². The highest BCUT2D eigenvalue weighted by Gasteiger charge is 2.18. The van der Waals surface area contributed by atoms with Gasteiger partial charge < -0.3 is 14.4 Å². The number of rotatable bonds is 8. The Bertz CT molecular complexity index is 499. The number of esters is 1. The minimum Gasteiger partial charge on any atom is -0.497 e. The Labute approximate surface area is 132 Å². The van der Waals surface area contributed by atoms with Crippen LogP contribution in [0.2, 0.25) is 0 Å². The number of amides is 1. The first-order chi connectivity index (χ1) is 10.5. The smallest absolute Gasteiger partial charge is 0.307 e. The largest absolute Gasteiger partial charge is 0.497 e. The van der Waals surface area contributed by atoms with Crippen molar-refractivity contribution in [1.82, 2.24) is 4.90 Å². The van der Waals surface area contributed by atoms with Crippen LogP contribution >= 0.6 is 0 Å². The fourth-order valence-corrected chi connectivity index (χ4v) is 2.00. The number of benzene rings is 1. The van der Waals surface area contributed by atoms with Crippen molar-refractivity contribution in [1.29, 1.82) is 0 Å². The van der Waals surface area contributed by atoms with E-state index in [0.717, 1.165) is 6.42 Å². The van der Waals surface area contributed by atoms with Crippen molar-refractivity contribution in [3.63, 3.8) is 0 Å². The molecule has 0 radical (unpaired) electrons. The highest BCUT2D eigenvalue weighted by atomic mass is 16.5.